The lowest BCUT2D eigenvalue weighted by atomic mass is 9.93. The fourth-order valence-corrected chi connectivity index (χ4v) is 3.64. The van der Waals surface area contributed by atoms with Gasteiger partial charge in [0.25, 0.3) is 0 Å². The van der Waals surface area contributed by atoms with Crippen LogP contribution >= 0.6 is 0 Å². The Balaban J connectivity index is 1.75. The highest BCUT2D eigenvalue weighted by atomic mass is 15.3. The topological polar surface area (TPSA) is 83.8 Å². The number of nitrogens with two attached hydrogens (primary N) is 1. The molecule has 3 heterocycles. The zero-order valence-corrected chi connectivity index (χ0v) is 14.9. The van der Waals surface area contributed by atoms with Crippen molar-refractivity contribution < 1.29 is 0 Å². The zero-order chi connectivity index (χ0) is 18.1. The number of pyridine rings is 1. The van der Waals surface area contributed by atoms with E-state index in [1.165, 1.54) is 0 Å². The zero-order valence-electron chi connectivity index (χ0n) is 14.9. The van der Waals surface area contributed by atoms with E-state index in [1.54, 1.807) is 12.3 Å². The standard InChI is InChI=1S/C20H22N6/c1-20(22)9-4-10-25(14-20)19-24-17-5-2-3-6-18(17)26(19)13-16-8-7-15(11-21)12-23-16/h2-3,5-8,12H,4,9-10,13-14,22H2,1H3/t20-/m0/s1. The van der Waals surface area contributed by atoms with Crippen LogP contribution in [0.15, 0.2) is 42.6 Å². The highest BCUT2D eigenvalue weighted by Gasteiger charge is 2.29. The molecule has 0 bridgehead atoms. The first kappa shape index (κ1) is 16.6. The Morgan fingerprint density at radius 3 is 2.85 bits per heavy atom. The molecular weight excluding hydrogens is 324 g/mol. The van der Waals surface area contributed by atoms with Gasteiger partial charge in [-0.2, -0.15) is 5.26 Å². The summed E-state index contributed by atoms with van der Waals surface area (Å²) in [5.74, 6) is 0.939. The minimum Gasteiger partial charge on any atom is -0.340 e. The summed E-state index contributed by atoms with van der Waals surface area (Å²) in [6.07, 6.45) is 3.71. The molecule has 1 atom stereocenters. The van der Waals surface area contributed by atoms with Gasteiger partial charge in [0, 0.05) is 24.8 Å². The number of nitrogens with zero attached hydrogens (tertiary/aromatic N) is 5. The van der Waals surface area contributed by atoms with E-state index >= 15 is 0 Å². The average Bonchev–Trinajstić information content (AvgIpc) is 3.00. The lowest BCUT2D eigenvalue weighted by Crippen LogP contribution is -2.52. The second kappa shape index (κ2) is 6.43. The molecule has 0 radical (unpaired) electrons. The summed E-state index contributed by atoms with van der Waals surface area (Å²) in [5.41, 5.74) is 9.74. The first-order chi connectivity index (χ1) is 12.6. The fourth-order valence-electron chi connectivity index (χ4n) is 3.64. The largest absolute Gasteiger partial charge is 0.340 e. The lowest BCUT2D eigenvalue weighted by molar-refractivity contribution is 0.370. The van der Waals surface area contributed by atoms with E-state index in [1.807, 2.05) is 24.3 Å². The summed E-state index contributed by atoms with van der Waals surface area (Å²) in [6, 6.07) is 14.0. The maximum atomic E-state index is 8.97. The van der Waals surface area contributed by atoms with Gasteiger partial charge in [-0.3, -0.25) is 4.98 Å². The molecule has 0 aliphatic carbocycles. The van der Waals surface area contributed by atoms with Gasteiger partial charge in [-0.15, -0.1) is 0 Å². The van der Waals surface area contributed by atoms with E-state index in [0.717, 1.165) is 48.6 Å². The molecule has 6 nitrogen and oxygen atoms in total. The summed E-state index contributed by atoms with van der Waals surface area (Å²) in [6.45, 7) is 4.46. The Kier molecular flexibility index (Phi) is 4.09. The van der Waals surface area contributed by atoms with Crippen molar-refractivity contribution in [2.45, 2.75) is 31.8 Å². The molecule has 6 heteroatoms. The van der Waals surface area contributed by atoms with Crippen molar-refractivity contribution in [2.24, 2.45) is 5.73 Å². The number of anilines is 1. The summed E-state index contributed by atoms with van der Waals surface area (Å²) in [5, 5.41) is 8.97. The van der Waals surface area contributed by atoms with Crippen LogP contribution in [0.25, 0.3) is 11.0 Å². The molecular formula is C20H22N6. The molecule has 2 N–H and O–H groups in total. The first-order valence-corrected chi connectivity index (χ1v) is 8.90. The summed E-state index contributed by atoms with van der Waals surface area (Å²) >= 11 is 0. The number of rotatable bonds is 3. The van der Waals surface area contributed by atoms with Gasteiger partial charge in [-0.25, -0.2) is 4.98 Å². The van der Waals surface area contributed by atoms with Gasteiger partial charge in [0.05, 0.1) is 28.8 Å². The molecule has 1 fully saturated rings. The van der Waals surface area contributed by atoms with Gasteiger partial charge in [0.2, 0.25) is 5.95 Å². The molecule has 1 aliphatic heterocycles. The van der Waals surface area contributed by atoms with Crippen molar-refractivity contribution in [1.82, 2.24) is 14.5 Å². The normalized spacial score (nSPS) is 20.3. The molecule has 132 valence electrons. The molecule has 2 aromatic heterocycles. The van der Waals surface area contributed by atoms with Crippen LogP contribution in [-0.2, 0) is 6.54 Å². The highest BCUT2D eigenvalue weighted by Crippen LogP contribution is 2.28. The number of piperidine rings is 1. The van der Waals surface area contributed by atoms with Gasteiger partial charge >= 0.3 is 0 Å². The number of fused-ring (bicyclic) bond motifs is 1. The number of benzene rings is 1. The molecule has 0 spiro atoms. The Labute approximate surface area is 152 Å². The van der Waals surface area contributed by atoms with Gasteiger partial charge in [-0.1, -0.05) is 12.1 Å². The molecule has 3 aromatic rings. The third kappa shape index (κ3) is 3.14. The Hall–Kier alpha value is -2.91. The van der Waals surface area contributed by atoms with Crippen molar-refractivity contribution in [3.8, 4) is 6.07 Å². The van der Waals surface area contributed by atoms with Crippen molar-refractivity contribution >= 4 is 17.0 Å². The number of nitriles is 1. The minimum absolute atomic E-state index is 0.200. The second-order valence-electron chi connectivity index (χ2n) is 7.32. The maximum absolute atomic E-state index is 8.97. The van der Waals surface area contributed by atoms with Crippen LogP contribution in [0.3, 0.4) is 0 Å². The van der Waals surface area contributed by atoms with E-state index < -0.39 is 0 Å². The smallest absolute Gasteiger partial charge is 0.206 e. The van der Waals surface area contributed by atoms with Crippen molar-refractivity contribution in [3.63, 3.8) is 0 Å². The molecule has 1 aromatic carbocycles. The summed E-state index contributed by atoms with van der Waals surface area (Å²) in [4.78, 5) is 11.6. The van der Waals surface area contributed by atoms with Gasteiger partial charge < -0.3 is 15.2 Å². The first-order valence-electron chi connectivity index (χ1n) is 8.90. The highest BCUT2D eigenvalue weighted by molar-refractivity contribution is 5.79. The summed E-state index contributed by atoms with van der Waals surface area (Å²) in [7, 11) is 0. The fraction of sp³-hybridized carbons (Fsp3) is 0.350. The molecule has 0 unspecified atom stereocenters. The van der Waals surface area contributed by atoms with E-state index in [9.17, 15) is 0 Å². The van der Waals surface area contributed by atoms with Crippen LogP contribution < -0.4 is 10.6 Å². The van der Waals surface area contributed by atoms with Crippen LogP contribution in [-0.4, -0.2) is 33.2 Å². The third-order valence-electron chi connectivity index (χ3n) is 4.92. The van der Waals surface area contributed by atoms with Gasteiger partial charge in [0.15, 0.2) is 0 Å². The quantitative estimate of drug-likeness (QED) is 0.788. The van der Waals surface area contributed by atoms with Crippen LogP contribution in [0, 0.1) is 11.3 Å². The predicted molar refractivity (Wildman–Crippen MR) is 102 cm³/mol. The molecule has 1 aliphatic rings. The number of hydrogen-bond acceptors (Lipinski definition) is 5. The minimum atomic E-state index is -0.200. The summed E-state index contributed by atoms with van der Waals surface area (Å²) < 4.78 is 2.20. The molecule has 0 saturated carbocycles. The molecule has 0 amide bonds. The number of para-hydroxylation sites is 2. The van der Waals surface area contributed by atoms with Crippen LogP contribution in [0.2, 0.25) is 0 Å². The van der Waals surface area contributed by atoms with Crippen LogP contribution in [0.5, 0.6) is 0 Å². The van der Waals surface area contributed by atoms with Crippen molar-refractivity contribution in [2.75, 3.05) is 18.0 Å². The molecule has 4 rings (SSSR count). The van der Waals surface area contributed by atoms with Crippen molar-refractivity contribution in [1.29, 1.82) is 5.26 Å². The monoisotopic (exact) mass is 346 g/mol. The van der Waals surface area contributed by atoms with Gasteiger partial charge in [-0.05, 0) is 44.0 Å². The Morgan fingerprint density at radius 2 is 2.12 bits per heavy atom. The van der Waals surface area contributed by atoms with E-state index in [2.05, 4.69) is 33.5 Å². The Morgan fingerprint density at radius 1 is 1.27 bits per heavy atom. The van der Waals surface area contributed by atoms with Crippen LogP contribution in [0.4, 0.5) is 5.95 Å². The molecule has 26 heavy (non-hydrogen) atoms. The van der Waals surface area contributed by atoms with E-state index in [0.29, 0.717) is 12.1 Å². The second-order valence-corrected chi connectivity index (χ2v) is 7.32. The van der Waals surface area contributed by atoms with Crippen LogP contribution in [0.1, 0.15) is 31.0 Å². The number of imidazole rings is 1. The average molecular weight is 346 g/mol. The SMILES string of the molecule is C[C@]1(N)CCCN(c2nc3ccccc3n2Cc2ccc(C#N)cn2)C1. The van der Waals surface area contributed by atoms with Crippen molar-refractivity contribution in [3.05, 3.63) is 53.9 Å². The van der Waals surface area contributed by atoms with E-state index in [4.69, 9.17) is 16.0 Å². The third-order valence-corrected chi connectivity index (χ3v) is 4.92. The predicted octanol–water partition coefficient (Wildman–Crippen LogP) is 2.67. The Bertz CT molecular complexity index is 964. The lowest BCUT2D eigenvalue weighted by Gasteiger charge is -2.38. The van der Waals surface area contributed by atoms with E-state index in [-0.39, 0.29) is 5.54 Å². The molecule has 1 saturated heterocycles. The number of hydrogen-bond donors (Lipinski definition) is 1. The van der Waals surface area contributed by atoms with Gasteiger partial charge in [0.1, 0.15) is 6.07 Å². The number of aromatic nitrogens is 3. The maximum Gasteiger partial charge on any atom is 0.206 e.